The van der Waals surface area contributed by atoms with Crippen LogP contribution >= 0.6 is 11.6 Å². The Morgan fingerprint density at radius 1 is 1.26 bits per heavy atom. The molecular weight excluding hydrogens is 324 g/mol. The molecule has 0 spiro atoms. The van der Waals surface area contributed by atoms with Gasteiger partial charge in [0.25, 0.3) is 5.52 Å². The standard InChI is InChI=1S/C15H11ClN2O5/c1-22-11-6-2-4-9-14(11)17(20)10-5-3-7-12(15(10)18(9)21)23-13(19)8-16/h2-7H,8H2,1H3. The minimum Gasteiger partial charge on any atom is -0.805 e. The van der Waals surface area contributed by atoms with Gasteiger partial charge >= 0.3 is 11.5 Å². The van der Waals surface area contributed by atoms with Gasteiger partial charge in [0.05, 0.1) is 11.5 Å². The first kappa shape index (κ1) is 15.1. The van der Waals surface area contributed by atoms with Crippen molar-refractivity contribution in [1.29, 1.82) is 0 Å². The van der Waals surface area contributed by atoms with E-state index < -0.39 is 5.97 Å². The van der Waals surface area contributed by atoms with Gasteiger partial charge in [-0.15, -0.1) is 11.6 Å². The number of carbonyl (C=O) groups excluding carboxylic acids is 1. The molecule has 0 atom stereocenters. The zero-order valence-corrected chi connectivity index (χ0v) is 12.7. The second-order valence-corrected chi connectivity index (χ2v) is 4.92. The lowest BCUT2D eigenvalue weighted by Crippen LogP contribution is -2.22. The fraction of sp³-hybridized carbons (Fsp3) is 0.133. The highest BCUT2D eigenvalue weighted by Crippen LogP contribution is 2.29. The number of halogens is 1. The molecule has 3 rings (SSSR count). The third kappa shape index (κ3) is 2.35. The van der Waals surface area contributed by atoms with Crippen LogP contribution in [0.4, 0.5) is 0 Å². The molecule has 1 aromatic heterocycles. The highest BCUT2D eigenvalue weighted by molar-refractivity contribution is 6.26. The largest absolute Gasteiger partial charge is 0.805 e. The monoisotopic (exact) mass is 334 g/mol. The lowest BCUT2D eigenvalue weighted by Gasteiger charge is -2.16. The van der Waals surface area contributed by atoms with E-state index in [-0.39, 0.29) is 39.4 Å². The number of alkyl halides is 1. The van der Waals surface area contributed by atoms with Gasteiger partial charge in [0.2, 0.25) is 5.75 Å². The molecule has 0 aliphatic carbocycles. The van der Waals surface area contributed by atoms with Crippen molar-refractivity contribution in [3.63, 3.8) is 0 Å². The molecular formula is C15H11ClN2O5. The van der Waals surface area contributed by atoms with Crippen LogP contribution < -0.4 is 13.9 Å². The maximum absolute atomic E-state index is 12.7. The number of hydrogen-bond donors (Lipinski definition) is 0. The highest BCUT2D eigenvalue weighted by Gasteiger charge is 2.23. The molecule has 0 aliphatic rings. The normalized spacial score (nSPS) is 10.9. The number of rotatable bonds is 3. The maximum Gasteiger partial charge on any atom is 0.329 e. The molecule has 118 valence electrons. The van der Waals surface area contributed by atoms with Crippen LogP contribution in [0.3, 0.4) is 0 Å². The summed E-state index contributed by atoms with van der Waals surface area (Å²) in [5.41, 5.74) is 0.193. The van der Waals surface area contributed by atoms with Gasteiger partial charge in [0, 0.05) is 11.0 Å². The zero-order valence-electron chi connectivity index (χ0n) is 12.0. The van der Waals surface area contributed by atoms with Crippen LogP contribution in [-0.4, -0.2) is 23.7 Å². The summed E-state index contributed by atoms with van der Waals surface area (Å²) < 4.78 is 11.3. The van der Waals surface area contributed by atoms with E-state index in [9.17, 15) is 14.9 Å². The van der Waals surface area contributed by atoms with Crippen LogP contribution in [0.2, 0.25) is 0 Å². The fourth-order valence-corrected chi connectivity index (χ4v) is 2.45. The molecule has 23 heavy (non-hydrogen) atoms. The molecule has 2 aromatic carbocycles. The van der Waals surface area contributed by atoms with E-state index in [0.717, 1.165) is 0 Å². The van der Waals surface area contributed by atoms with E-state index in [4.69, 9.17) is 21.1 Å². The van der Waals surface area contributed by atoms with Crippen molar-refractivity contribution in [2.75, 3.05) is 13.0 Å². The van der Waals surface area contributed by atoms with Gasteiger partial charge < -0.3 is 19.4 Å². The topological polar surface area (TPSA) is 86.5 Å². The first-order chi connectivity index (χ1) is 11.1. The van der Waals surface area contributed by atoms with E-state index in [2.05, 4.69) is 0 Å². The lowest BCUT2D eigenvalue weighted by atomic mass is 10.2. The molecule has 0 fully saturated rings. The van der Waals surface area contributed by atoms with Crippen molar-refractivity contribution in [2.45, 2.75) is 0 Å². The predicted octanol–water partition coefficient (Wildman–Crippen LogP) is 2.21. The first-order valence-corrected chi connectivity index (χ1v) is 7.13. The van der Waals surface area contributed by atoms with Crippen molar-refractivity contribution in [1.82, 2.24) is 4.73 Å². The van der Waals surface area contributed by atoms with Gasteiger partial charge in [0.15, 0.2) is 5.52 Å². The number of hydrogen-bond acceptors (Lipinski definition) is 5. The number of para-hydroxylation sites is 2. The van der Waals surface area contributed by atoms with Gasteiger partial charge in [-0.2, -0.15) is 0 Å². The number of benzene rings is 2. The molecule has 0 saturated carbocycles. The van der Waals surface area contributed by atoms with Crippen LogP contribution in [-0.2, 0) is 4.79 Å². The molecule has 0 unspecified atom stereocenters. The van der Waals surface area contributed by atoms with Crippen molar-refractivity contribution < 1.29 is 18.7 Å². The molecule has 0 amide bonds. The summed E-state index contributed by atoms with van der Waals surface area (Å²) in [6.45, 7) is 0. The second-order valence-electron chi connectivity index (χ2n) is 4.65. The summed E-state index contributed by atoms with van der Waals surface area (Å²) in [6.07, 6.45) is 0. The van der Waals surface area contributed by atoms with Crippen molar-refractivity contribution in [2.24, 2.45) is 0 Å². The van der Waals surface area contributed by atoms with Crippen LogP contribution in [0.5, 0.6) is 11.5 Å². The smallest absolute Gasteiger partial charge is 0.329 e. The van der Waals surface area contributed by atoms with Gasteiger partial charge in [-0.1, -0.05) is 12.1 Å². The summed E-state index contributed by atoms with van der Waals surface area (Å²) >= 11 is 5.42. The van der Waals surface area contributed by atoms with Crippen LogP contribution in [0, 0.1) is 10.1 Å². The fourth-order valence-electron chi connectivity index (χ4n) is 2.40. The predicted molar refractivity (Wildman–Crippen MR) is 84.5 cm³/mol. The van der Waals surface area contributed by atoms with Crippen molar-refractivity contribution in [3.05, 3.63) is 46.5 Å². The summed E-state index contributed by atoms with van der Waals surface area (Å²) in [6, 6.07) is 9.05. The molecule has 0 N–H and O–H groups in total. The number of nitrogens with zero attached hydrogens (tertiary/aromatic N) is 2. The third-order valence-electron chi connectivity index (χ3n) is 3.35. The molecule has 1 heterocycles. The molecule has 0 radical (unpaired) electrons. The van der Waals surface area contributed by atoms with Gasteiger partial charge in [-0.05, 0) is 18.2 Å². The Bertz CT molecular complexity index is 983. The Morgan fingerprint density at radius 2 is 1.96 bits per heavy atom. The number of fused-ring (bicyclic) bond motifs is 2. The van der Waals surface area contributed by atoms with E-state index >= 15 is 0 Å². The van der Waals surface area contributed by atoms with Crippen molar-refractivity contribution in [3.8, 4) is 11.5 Å². The number of esters is 1. The Kier molecular flexibility index (Phi) is 3.79. The molecule has 3 aromatic rings. The first-order valence-electron chi connectivity index (χ1n) is 6.59. The zero-order chi connectivity index (χ0) is 16.6. The highest BCUT2D eigenvalue weighted by atomic mass is 35.5. The molecule has 0 aliphatic heterocycles. The van der Waals surface area contributed by atoms with E-state index in [1.165, 1.54) is 31.4 Å². The number of carbonyl (C=O) groups is 1. The third-order valence-corrected chi connectivity index (χ3v) is 3.57. The van der Waals surface area contributed by atoms with E-state index in [1.807, 2.05) is 0 Å². The van der Waals surface area contributed by atoms with Crippen LogP contribution in [0.25, 0.3) is 22.1 Å². The quantitative estimate of drug-likeness (QED) is 0.241. The van der Waals surface area contributed by atoms with Crippen molar-refractivity contribution >= 4 is 39.6 Å². The van der Waals surface area contributed by atoms with E-state index in [0.29, 0.717) is 9.16 Å². The van der Waals surface area contributed by atoms with Gasteiger partial charge in [-0.3, -0.25) is 4.79 Å². The number of aromatic nitrogens is 2. The van der Waals surface area contributed by atoms with Gasteiger partial charge in [-0.25, -0.2) is 0 Å². The van der Waals surface area contributed by atoms with Gasteiger partial charge in [0.1, 0.15) is 17.1 Å². The Morgan fingerprint density at radius 3 is 2.65 bits per heavy atom. The number of methoxy groups -OCH3 is 1. The Hall–Kier alpha value is -2.80. The molecule has 7 nitrogen and oxygen atoms in total. The minimum atomic E-state index is -0.720. The Labute approximate surface area is 134 Å². The molecule has 8 heteroatoms. The summed E-state index contributed by atoms with van der Waals surface area (Å²) in [7, 11) is 1.41. The Balaban J connectivity index is 2.46. The average Bonchev–Trinajstić information content (AvgIpc) is 2.58. The second kappa shape index (κ2) is 5.77. The summed E-state index contributed by atoms with van der Waals surface area (Å²) in [5.74, 6) is -0.847. The SMILES string of the molecule is COc1cccc2c1n([O-])c1cccc(OC(=O)CCl)c1[n+]2=O. The lowest BCUT2D eigenvalue weighted by molar-refractivity contribution is -0.433. The van der Waals surface area contributed by atoms with Crippen LogP contribution in [0.1, 0.15) is 0 Å². The van der Waals surface area contributed by atoms with E-state index in [1.54, 1.807) is 12.1 Å². The summed E-state index contributed by atoms with van der Waals surface area (Å²) in [4.78, 5) is 24.1. The minimum absolute atomic E-state index is 0.0301. The molecule has 0 saturated heterocycles. The summed E-state index contributed by atoms with van der Waals surface area (Å²) in [5, 5.41) is 12.6. The maximum atomic E-state index is 12.7. The number of ether oxygens (including phenoxy) is 2. The van der Waals surface area contributed by atoms with Crippen LogP contribution in [0.15, 0.2) is 36.4 Å². The average molecular weight is 335 g/mol. The molecule has 0 bridgehead atoms.